The van der Waals surface area contributed by atoms with Crippen molar-refractivity contribution in [2.24, 2.45) is 5.92 Å². The lowest BCUT2D eigenvalue weighted by atomic mass is 9.84. The minimum atomic E-state index is -0.803. The maximum absolute atomic E-state index is 10.7. The average molecular weight is 252 g/mol. The Morgan fingerprint density at radius 3 is 2.89 bits per heavy atom. The second kappa shape index (κ2) is 5.85. The van der Waals surface area contributed by atoms with Crippen LogP contribution in [0.4, 0.5) is 0 Å². The minimum Gasteiger partial charge on any atom is -0.478 e. The van der Waals surface area contributed by atoms with E-state index < -0.39 is 5.97 Å². The molecule has 102 valence electrons. The average Bonchev–Trinajstić information content (AvgIpc) is 2.36. The standard InChI is InChI=1S/C14H24N2O2/c1-11(14(17)18)5-8-16-9-6-13-12(10-16)4-3-7-15(13)2/h5,12-13H,3-4,6-10H2,1-2H3,(H,17,18)/b11-5-. The Balaban J connectivity index is 1.87. The third-order valence-electron chi connectivity index (χ3n) is 4.42. The van der Waals surface area contributed by atoms with Crippen LogP contribution in [0.2, 0.25) is 0 Å². The van der Waals surface area contributed by atoms with Crippen molar-refractivity contribution in [2.45, 2.75) is 32.2 Å². The first-order chi connectivity index (χ1) is 8.58. The van der Waals surface area contributed by atoms with Gasteiger partial charge < -0.3 is 10.0 Å². The fourth-order valence-electron chi connectivity index (χ4n) is 3.25. The molecule has 2 heterocycles. The number of rotatable bonds is 3. The number of hydrogen-bond acceptors (Lipinski definition) is 3. The van der Waals surface area contributed by atoms with E-state index in [-0.39, 0.29) is 0 Å². The zero-order valence-corrected chi connectivity index (χ0v) is 11.4. The Labute approximate surface area is 109 Å². The molecule has 0 aromatic heterocycles. The first-order valence-corrected chi connectivity index (χ1v) is 6.90. The smallest absolute Gasteiger partial charge is 0.330 e. The number of likely N-dealkylation sites (tertiary alicyclic amines) is 2. The number of hydrogen-bond donors (Lipinski definition) is 1. The van der Waals surface area contributed by atoms with E-state index in [1.807, 2.05) is 6.08 Å². The summed E-state index contributed by atoms with van der Waals surface area (Å²) in [5, 5.41) is 8.84. The highest BCUT2D eigenvalue weighted by atomic mass is 16.4. The first kappa shape index (κ1) is 13.6. The van der Waals surface area contributed by atoms with Crippen LogP contribution in [-0.2, 0) is 4.79 Å². The van der Waals surface area contributed by atoms with E-state index in [1.165, 1.54) is 25.8 Å². The highest BCUT2D eigenvalue weighted by molar-refractivity contribution is 5.85. The monoisotopic (exact) mass is 252 g/mol. The van der Waals surface area contributed by atoms with Gasteiger partial charge in [0.1, 0.15) is 0 Å². The van der Waals surface area contributed by atoms with E-state index in [2.05, 4.69) is 16.8 Å². The molecule has 0 bridgehead atoms. The van der Waals surface area contributed by atoms with Crippen molar-refractivity contribution in [3.8, 4) is 0 Å². The fourth-order valence-corrected chi connectivity index (χ4v) is 3.25. The molecule has 0 spiro atoms. The second-order valence-corrected chi connectivity index (χ2v) is 5.69. The van der Waals surface area contributed by atoms with Crippen LogP contribution in [0.15, 0.2) is 11.6 Å². The van der Waals surface area contributed by atoms with Crippen LogP contribution in [0, 0.1) is 5.92 Å². The van der Waals surface area contributed by atoms with Crippen LogP contribution >= 0.6 is 0 Å². The Morgan fingerprint density at radius 1 is 1.39 bits per heavy atom. The molecule has 0 amide bonds. The van der Waals surface area contributed by atoms with Gasteiger partial charge in [-0.15, -0.1) is 0 Å². The third kappa shape index (κ3) is 3.12. The van der Waals surface area contributed by atoms with Crippen LogP contribution < -0.4 is 0 Å². The third-order valence-corrected chi connectivity index (χ3v) is 4.42. The maximum Gasteiger partial charge on any atom is 0.330 e. The van der Waals surface area contributed by atoms with Crippen LogP contribution in [0.1, 0.15) is 26.2 Å². The number of piperidine rings is 2. The lowest BCUT2D eigenvalue weighted by Crippen LogP contribution is -2.52. The number of carboxylic acids is 1. The zero-order chi connectivity index (χ0) is 13.1. The summed E-state index contributed by atoms with van der Waals surface area (Å²) in [6, 6.07) is 0.750. The molecule has 0 aromatic rings. The molecule has 2 saturated heterocycles. The van der Waals surface area contributed by atoms with Crippen molar-refractivity contribution in [1.82, 2.24) is 9.80 Å². The molecular formula is C14H24N2O2. The summed E-state index contributed by atoms with van der Waals surface area (Å²) in [5.41, 5.74) is 0.456. The predicted octanol–water partition coefficient (Wildman–Crippen LogP) is 1.43. The molecule has 0 aliphatic carbocycles. The number of carbonyl (C=O) groups is 1. The van der Waals surface area contributed by atoms with Crippen molar-refractivity contribution in [3.05, 3.63) is 11.6 Å². The van der Waals surface area contributed by atoms with Gasteiger partial charge in [0.2, 0.25) is 0 Å². The molecule has 0 aromatic carbocycles. The molecule has 2 aliphatic heterocycles. The van der Waals surface area contributed by atoms with Crippen molar-refractivity contribution in [2.75, 3.05) is 33.2 Å². The quantitative estimate of drug-likeness (QED) is 0.772. The summed E-state index contributed by atoms with van der Waals surface area (Å²) in [7, 11) is 2.24. The summed E-state index contributed by atoms with van der Waals surface area (Å²) in [6.07, 6.45) is 5.69. The number of carboxylic acid groups (broad SMARTS) is 1. The Kier molecular flexibility index (Phi) is 4.40. The normalized spacial score (nSPS) is 31.1. The van der Waals surface area contributed by atoms with Gasteiger partial charge in [-0.1, -0.05) is 6.08 Å². The van der Waals surface area contributed by atoms with E-state index in [0.717, 1.165) is 31.6 Å². The maximum atomic E-state index is 10.7. The van der Waals surface area contributed by atoms with Gasteiger partial charge >= 0.3 is 5.97 Å². The molecule has 0 radical (unpaired) electrons. The van der Waals surface area contributed by atoms with Crippen LogP contribution in [-0.4, -0.2) is 60.1 Å². The molecule has 1 N–H and O–H groups in total. The first-order valence-electron chi connectivity index (χ1n) is 6.90. The zero-order valence-electron chi connectivity index (χ0n) is 11.4. The van der Waals surface area contributed by atoms with Gasteiger partial charge in [-0.05, 0) is 52.2 Å². The number of aliphatic carboxylic acids is 1. The second-order valence-electron chi connectivity index (χ2n) is 5.69. The van der Waals surface area contributed by atoms with E-state index in [9.17, 15) is 4.79 Å². The summed E-state index contributed by atoms with van der Waals surface area (Å²) < 4.78 is 0. The van der Waals surface area contributed by atoms with Crippen molar-refractivity contribution >= 4 is 5.97 Å². The molecule has 2 rings (SSSR count). The highest BCUT2D eigenvalue weighted by Crippen LogP contribution is 2.29. The van der Waals surface area contributed by atoms with Crippen LogP contribution in [0.25, 0.3) is 0 Å². The van der Waals surface area contributed by atoms with E-state index >= 15 is 0 Å². The topological polar surface area (TPSA) is 43.8 Å². The molecule has 2 atom stereocenters. The molecule has 2 unspecified atom stereocenters. The molecule has 18 heavy (non-hydrogen) atoms. The number of nitrogens with zero attached hydrogens (tertiary/aromatic N) is 2. The van der Waals surface area contributed by atoms with Crippen LogP contribution in [0.3, 0.4) is 0 Å². The summed E-state index contributed by atoms with van der Waals surface area (Å²) in [4.78, 5) is 15.6. The van der Waals surface area contributed by atoms with Gasteiger partial charge in [-0.25, -0.2) is 4.79 Å². The summed E-state index contributed by atoms with van der Waals surface area (Å²) >= 11 is 0. The lowest BCUT2D eigenvalue weighted by Gasteiger charge is -2.45. The Bertz CT molecular complexity index is 341. The fraction of sp³-hybridized carbons (Fsp3) is 0.786. The highest BCUT2D eigenvalue weighted by Gasteiger charge is 2.33. The number of fused-ring (bicyclic) bond motifs is 1. The van der Waals surface area contributed by atoms with Gasteiger partial charge in [0, 0.05) is 24.7 Å². The minimum absolute atomic E-state index is 0.456. The van der Waals surface area contributed by atoms with Gasteiger partial charge in [-0.2, -0.15) is 0 Å². The van der Waals surface area contributed by atoms with Gasteiger partial charge in [-0.3, -0.25) is 4.90 Å². The molecule has 2 aliphatic rings. The predicted molar refractivity (Wildman–Crippen MR) is 71.6 cm³/mol. The summed E-state index contributed by atoms with van der Waals surface area (Å²) in [5.74, 6) is -0.0293. The Hall–Kier alpha value is -0.870. The molecule has 4 nitrogen and oxygen atoms in total. The van der Waals surface area contributed by atoms with E-state index in [0.29, 0.717) is 5.57 Å². The van der Waals surface area contributed by atoms with Gasteiger partial charge in [0.05, 0.1) is 0 Å². The molecule has 4 heteroatoms. The van der Waals surface area contributed by atoms with Crippen molar-refractivity contribution in [3.63, 3.8) is 0 Å². The summed E-state index contributed by atoms with van der Waals surface area (Å²) in [6.45, 7) is 5.90. The van der Waals surface area contributed by atoms with Crippen molar-refractivity contribution < 1.29 is 9.90 Å². The van der Waals surface area contributed by atoms with Crippen LogP contribution in [0.5, 0.6) is 0 Å². The van der Waals surface area contributed by atoms with Crippen molar-refractivity contribution in [1.29, 1.82) is 0 Å². The van der Waals surface area contributed by atoms with Gasteiger partial charge in [0.25, 0.3) is 0 Å². The van der Waals surface area contributed by atoms with Gasteiger partial charge in [0.15, 0.2) is 0 Å². The largest absolute Gasteiger partial charge is 0.478 e. The lowest BCUT2D eigenvalue weighted by molar-refractivity contribution is -0.132. The SMILES string of the molecule is C/C(=C/CN1CCC2C(CCCN2C)C1)C(=O)O. The Morgan fingerprint density at radius 2 is 2.17 bits per heavy atom. The molecule has 2 fully saturated rings. The molecule has 0 saturated carbocycles. The van der Waals surface area contributed by atoms with E-state index in [1.54, 1.807) is 6.92 Å². The molecular weight excluding hydrogens is 228 g/mol. The van der Waals surface area contributed by atoms with E-state index in [4.69, 9.17) is 5.11 Å².